The van der Waals surface area contributed by atoms with E-state index in [-0.39, 0.29) is 17.2 Å². The highest BCUT2D eigenvalue weighted by Gasteiger charge is 2.28. The lowest BCUT2D eigenvalue weighted by Crippen LogP contribution is -2.28. The summed E-state index contributed by atoms with van der Waals surface area (Å²) in [6.07, 6.45) is 2.31. The van der Waals surface area contributed by atoms with Gasteiger partial charge in [0.1, 0.15) is 5.82 Å². The predicted molar refractivity (Wildman–Crippen MR) is 143 cm³/mol. The number of ether oxygens (including phenoxy) is 1. The maximum Gasteiger partial charge on any atom is 0.266 e. The molecular weight excluding hydrogens is 481 g/mol. The molecule has 0 fully saturated rings. The smallest absolute Gasteiger partial charge is 0.266 e. The number of nitrogens with one attached hydrogen (secondary N) is 1. The molecule has 186 valence electrons. The number of para-hydroxylation sites is 1. The quantitative estimate of drug-likeness (QED) is 0.349. The predicted octanol–water partition coefficient (Wildman–Crippen LogP) is 5.48. The van der Waals surface area contributed by atoms with Gasteiger partial charge in [0.25, 0.3) is 5.56 Å². The second kappa shape index (κ2) is 9.12. The minimum atomic E-state index is -0.595. The lowest BCUT2D eigenvalue weighted by atomic mass is 10.00. The number of methoxy groups -OCH3 is 1. The van der Waals surface area contributed by atoms with Gasteiger partial charge in [-0.25, -0.2) is 9.37 Å². The van der Waals surface area contributed by atoms with Crippen LogP contribution in [0.5, 0.6) is 5.75 Å². The Balaban J connectivity index is 1.66. The van der Waals surface area contributed by atoms with Crippen molar-refractivity contribution in [2.45, 2.75) is 19.4 Å². The van der Waals surface area contributed by atoms with Crippen LogP contribution in [0.15, 0.2) is 77.7 Å². The van der Waals surface area contributed by atoms with E-state index < -0.39 is 11.4 Å². The van der Waals surface area contributed by atoms with Crippen LogP contribution < -0.4 is 15.6 Å². The van der Waals surface area contributed by atoms with Gasteiger partial charge >= 0.3 is 0 Å². The number of benzene rings is 3. The highest BCUT2D eigenvalue weighted by molar-refractivity contribution is 5.94. The van der Waals surface area contributed by atoms with Crippen LogP contribution in [0.25, 0.3) is 27.7 Å². The van der Waals surface area contributed by atoms with Crippen LogP contribution in [0.2, 0.25) is 0 Å². The fourth-order valence-electron chi connectivity index (χ4n) is 4.95. The third-order valence-electron chi connectivity index (χ3n) is 6.83. The molecule has 1 N–H and O–H groups in total. The average molecular weight is 504 g/mol. The third-order valence-corrected chi connectivity index (χ3v) is 6.83. The van der Waals surface area contributed by atoms with Crippen molar-refractivity contribution in [2.75, 3.05) is 12.4 Å². The zero-order valence-electron chi connectivity index (χ0n) is 20.7. The molecular formula is C30H22FN5O2. The SMILES string of the molecule is COc1ccc(-n2c(C3Cc4ccccc4N3)nc3c(-c4ccc(C)nc4)cc(C#N)cc3c2=O)cc1F. The van der Waals surface area contributed by atoms with Crippen molar-refractivity contribution in [1.29, 1.82) is 5.26 Å². The number of pyridine rings is 1. The molecule has 38 heavy (non-hydrogen) atoms. The summed E-state index contributed by atoms with van der Waals surface area (Å²) in [5.41, 5.74) is 4.97. The van der Waals surface area contributed by atoms with Crippen molar-refractivity contribution in [1.82, 2.24) is 14.5 Å². The summed E-state index contributed by atoms with van der Waals surface area (Å²) in [5, 5.41) is 13.5. The van der Waals surface area contributed by atoms with Gasteiger partial charge in [-0.2, -0.15) is 5.26 Å². The van der Waals surface area contributed by atoms with E-state index in [2.05, 4.69) is 16.4 Å². The van der Waals surface area contributed by atoms with Gasteiger partial charge in [0.2, 0.25) is 0 Å². The van der Waals surface area contributed by atoms with Gasteiger partial charge < -0.3 is 10.1 Å². The first-order valence-electron chi connectivity index (χ1n) is 12.1. The molecule has 0 spiro atoms. The number of hydrogen-bond donors (Lipinski definition) is 1. The average Bonchev–Trinajstić information content (AvgIpc) is 3.37. The summed E-state index contributed by atoms with van der Waals surface area (Å²) in [7, 11) is 1.39. The van der Waals surface area contributed by atoms with Crippen LogP contribution in [0, 0.1) is 24.1 Å². The number of nitriles is 1. The molecule has 3 heterocycles. The second-order valence-corrected chi connectivity index (χ2v) is 9.21. The maximum atomic E-state index is 14.8. The summed E-state index contributed by atoms with van der Waals surface area (Å²) >= 11 is 0. The van der Waals surface area contributed by atoms with Gasteiger partial charge in [-0.1, -0.05) is 24.3 Å². The van der Waals surface area contributed by atoms with Crippen LogP contribution in [-0.2, 0) is 6.42 Å². The molecule has 7 nitrogen and oxygen atoms in total. The van der Waals surface area contributed by atoms with Crippen molar-refractivity contribution in [2.24, 2.45) is 0 Å². The summed E-state index contributed by atoms with van der Waals surface area (Å²) in [6.45, 7) is 1.89. The number of rotatable bonds is 4. The number of halogens is 1. The second-order valence-electron chi connectivity index (χ2n) is 9.21. The van der Waals surface area contributed by atoms with E-state index in [0.29, 0.717) is 34.6 Å². The van der Waals surface area contributed by atoms with Gasteiger partial charge in [-0.05, 0) is 48.9 Å². The van der Waals surface area contributed by atoms with Crippen LogP contribution >= 0.6 is 0 Å². The fraction of sp³-hybridized carbons (Fsp3) is 0.133. The first kappa shape index (κ1) is 23.4. The number of hydrogen-bond acceptors (Lipinski definition) is 6. The zero-order valence-corrected chi connectivity index (χ0v) is 20.7. The minimum Gasteiger partial charge on any atom is -0.494 e. The van der Waals surface area contributed by atoms with Gasteiger partial charge in [-0.3, -0.25) is 14.3 Å². The van der Waals surface area contributed by atoms with Gasteiger partial charge in [0, 0.05) is 41.2 Å². The van der Waals surface area contributed by atoms with Crippen LogP contribution in [-0.4, -0.2) is 21.6 Å². The first-order valence-corrected chi connectivity index (χ1v) is 12.1. The Kier molecular flexibility index (Phi) is 5.61. The van der Waals surface area contributed by atoms with Crippen molar-refractivity contribution in [3.8, 4) is 28.6 Å². The van der Waals surface area contributed by atoms with Gasteiger partial charge in [-0.15, -0.1) is 0 Å². The topological polar surface area (TPSA) is 92.8 Å². The molecule has 1 aliphatic heterocycles. The highest BCUT2D eigenvalue weighted by Crippen LogP contribution is 2.36. The molecule has 0 saturated heterocycles. The van der Waals surface area contributed by atoms with E-state index in [0.717, 1.165) is 22.5 Å². The summed E-state index contributed by atoms with van der Waals surface area (Å²) in [6, 6.07) is 21.1. The monoisotopic (exact) mass is 503 g/mol. The molecule has 6 rings (SSSR count). The summed E-state index contributed by atoms with van der Waals surface area (Å²) in [5.74, 6) is -0.0819. The van der Waals surface area contributed by atoms with Crippen molar-refractivity contribution >= 4 is 16.6 Å². The molecule has 8 heteroatoms. The van der Waals surface area contributed by atoms with E-state index in [1.807, 2.05) is 43.3 Å². The van der Waals surface area contributed by atoms with Crippen LogP contribution in [0.3, 0.4) is 0 Å². The lowest BCUT2D eigenvalue weighted by Gasteiger charge is -2.20. The van der Waals surface area contributed by atoms with Crippen molar-refractivity contribution in [3.05, 3.63) is 112 Å². The van der Waals surface area contributed by atoms with E-state index in [4.69, 9.17) is 9.72 Å². The highest BCUT2D eigenvalue weighted by atomic mass is 19.1. The Morgan fingerprint density at radius 1 is 1.13 bits per heavy atom. The Bertz CT molecular complexity index is 1800. The van der Waals surface area contributed by atoms with E-state index in [9.17, 15) is 14.4 Å². The first-order chi connectivity index (χ1) is 18.5. The normalized spacial score (nSPS) is 14.1. The molecule has 0 radical (unpaired) electrons. The Labute approximate surface area is 217 Å². The van der Waals surface area contributed by atoms with E-state index >= 15 is 0 Å². The fourth-order valence-corrected chi connectivity index (χ4v) is 4.95. The third kappa shape index (κ3) is 3.85. The van der Waals surface area contributed by atoms with E-state index in [1.54, 1.807) is 18.3 Å². The molecule has 0 bridgehead atoms. The molecule has 0 amide bonds. The van der Waals surface area contributed by atoms with Gasteiger partial charge in [0.05, 0.1) is 41.4 Å². The number of nitrogens with zero attached hydrogens (tertiary/aromatic N) is 4. The molecule has 0 aliphatic carbocycles. The summed E-state index contributed by atoms with van der Waals surface area (Å²) < 4.78 is 21.3. The largest absolute Gasteiger partial charge is 0.494 e. The number of anilines is 1. The van der Waals surface area contributed by atoms with Gasteiger partial charge in [0.15, 0.2) is 11.6 Å². The summed E-state index contributed by atoms with van der Waals surface area (Å²) in [4.78, 5) is 23.6. The molecule has 2 aromatic heterocycles. The van der Waals surface area contributed by atoms with Crippen molar-refractivity contribution in [3.63, 3.8) is 0 Å². The molecule has 1 atom stereocenters. The number of fused-ring (bicyclic) bond motifs is 2. The minimum absolute atomic E-state index is 0.0735. The zero-order chi connectivity index (χ0) is 26.4. The molecule has 1 aliphatic rings. The molecule has 0 saturated carbocycles. The molecule has 5 aromatic rings. The van der Waals surface area contributed by atoms with Crippen molar-refractivity contribution < 1.29 is 9.13 Å². The Morgan fingerprint density at radius 2 is 1.97 bits per heavy atom. The Hall–Kier alpha value is -5.03. The number of aryl methyl sites for hydroxylation is 1. The van der Waals surface area contributed by atoms with E-state index in [1.165, 1.54) is 29.9 Å². The van der Waals surface area contributed by atoms with Crippen LogP contribution in [0.4, 0.5) is 10.1 Å². The maximum absolute atomic E-state index is 14.8. The standard InChI is InChI=1S/C30H22FN5O2/c1-17-7-8-20(16-33-17)22-11-18(15-32)12-23-28(22)35-29(26-13-19-5-3-4-6-25(19)34-26)36(30(23)37)21-9-10-27(38-2)24(31)14-21/h3-12,14,16,26,34H,13H2,1-2H3. The number of aromatic nitrogens is 3. The molecule has 3 aromatic carbocycles. The van der Waals surface area contributed by atoms with Crippen LogP contribution in [0.1, 0.15) is 28.7 Å². The molecule has 1 unspecified atom stereocenters. The lowest BCUT2D eigenvalue weighted by molar-refractivity contribution is 0.386. The Morgan fingerprint density at radius 3 is 2.68 bits per heavy atom.